The zero-order valence-corrected chi connectivity index (χ0v) is 14.8. The molecule has 0 saturated heterocycles. The van der Waals surface area contributed by atoms with Crippen molar-refractivity contribution < 1.29 is 9.53 Å². The van der Waals surface area contributed by atoms with Crippen LogP contribution in [0, 0.1) is 5.92 Å². The summed E-state index contributed by atoms with van der Waals surface area (Å²) < 4.78 is 5.21. The minimum Gasteiger partial charge on any atom is -0.449 e. The lowest BCUT2D eigenvalue weighted by molar-refractivity contribution is 0.153. The third-order valence-electron chi connectivity index (χ3n) is 3.78. The zero-order chi connectivity index (χ0) is 17.9. The van der Waals surface area contributed by atoms with Gasteiger partial charge in [-0.1, -0.05) is 44.9 Å². The van der Waals surface area contributed by atoms with Crippen LogP contribution in [0.3, 0.4) is 0 Å². The molecule has 0 spiro atoms. The molecule has 5 heteroatoms. The van der Waals surface area contributed by atoms with Crippen LogP contribution >= 0.6 is 0 Å². The average molecular weight is 339 g/mol. The maximum Gasteiger partial charge on any atom is 0.411 e. The van der Waals surface area contributed by atoms with E-state index in [1.807, 2.05) is 30.3 Å². The number of azo groups is 1. The fraction of sp³-hybridized carbons (Fsp3) is 0.350. The Balaban J connectivity index is 1.78. The van der Waals surface area contributed by atoms with Crippen molar-refractivity contribution in [1.82, 2.24) is 0 Å². The molecule has 0 heterocycles. The van der Waals surface area contributed by atoms with E-state index in [1.165, 1.54) is 0 Å². The van der Waals surface area contributed by atoms with Crippen LogP contribution in [0.1, 0.15) is 33.1 Å². The van der Waals surface area contributed by atoms with Crippen LogP contribution in [-0.2, 0) is 4.74 Å². The topological polar surface area (TPSA) is 63.0 Å². The average Bonchev–Trinajstić information content (AvgIpc) is 2.62. The van der Waals surface area contributed by atoms with E-state index in [9.17, 15) is 4.79 Å². The minimum atomic E-state index is -0.428. The first-order valence-corrected chi connectivity index (χ1v) is 8.68. The SMILES string of the molecule is CCCC(C)CCOC(=O)Nc1ccc(N=Nc2ccccc2)cc1. The fourth-order valence-electron chi connectivity index (χ4n) is 2.37. The first-order chi connectivity index (χ1) is 12.2. The Hall–Kier alpha value is -2.69. The van der Waals surface area contributed by atoms with Crippen LogP contribution in [0.2, 0.25) is 0 Å². The Labute approximate surface area is 149 Å². The molecule has 0 aromatic heterocycles. The fourth-order valence-corrected chi connectivity index (χ4v) is 2.37. The van der Waals surface area contributed by atoms with Crippen LogP contribution in [0.4, 0.5) is 21.9 Å². The molecule has 25 heavy (non-hydrogen) atoms. The number of carbonyl (C=O) groups is 1. The van der Waals surface area contributed by atoms with E-state index in [2.05, 4.69) is 29.4 Å². The molecular weight excluding hydrogens is 314 g/mol. The number of nitrogens with one attached hydrogen (secondary N) is 1. The Kier molecular flexibility index (Phi) is 7.63. The first kappa shape index (κ1) is 18.6. The number of amides is 1. The van der Waals surface area contributed by atoms with Gasteiger partial charge in [0, 0.05) is 5.69 Å². The van der Waals surface area contributed by atoms with Crippen molar-refractivity contribution in [3.05, 3.63) is 54.6 Å². The standard InChI is InChI=1S/C20H25N3O2/c1-3-7-16(2)14-15-25-20(24)21-17-10-12-19(13-11-17)23-22-18-8-5-4-6-9-18/h4-6,8-13,16H,3,7,14-15H2,1-2H3,(H,21,24). The van der Waals surface area contributed by atoms with Gasteiger partial charge < -0.3 is 4.74 Å². The van der Waals surface area contributed by atoms with Gasteiger partial charge in [-0.2, -0.15) is 10.2 Å². The van der Waals surface area contributed by atoms with Crippen LogP contribution < -0.4 is 5.32 Å². The zero-order valence-electron chi connectivity index (χ0n) is 14.8. The number of nitrogens with zero attached hydrogens (tertiary/aromatic N) is 2. The molecule has 5 nitrogen and oxygen atoms in total. The van der Waals surface area contributed by atoms with Gasteiger partial charge in [0.1, 0.15) is 0 Å². The van der Waals surface area contributed by atoms with Crippen molar-refractivity contribution in [3.63, 3.8) is 0 Å². The van der Waals surface area contributed by atoms with Gasteiger partial charge in [0.15, 0.2) is 0 Å². The van der Waals surface area contributed by atoms with Gasteiger partial charge in [-0.05, 0) is 48.7 Å². The Morgan fingerprint density at radius 1 is 1.00 bits per heavy atom. The predicted octanol–water partition coefficient (Wildman–Crippen LogP) is 6.48. The van der Waals surface area contributed by atoms with E-state index in [1.54, 1.807) is 24.3 Å². The molecule has 2 rings (SSSR count). The number of benzene rings is 2. The highest BCUT2D eigenvalue weighted by Gasteiger charge is 2.05. The van der Waals surface area contributed by atoms with Gasteiger partial charge in [-0.15, -0.1) is 0 Å². The molecule has 0 radical (unpaired) electrons. The summed E-state index contributed by atoms with van der Waals surface area (Å²) in [6, 6.07) is 16.7. The van der Waals surface area contributed by atoms with Crippen molar-refractivity contribution in [2.24, 2.45) is 16.1 Å². The number of anilines is 1. The largest absolute Gasteiger partial charge is 0.449 e. The number of carbonyl (C=O) groups excluding carboxylic acids is 1. The molecule has 0 bridgehead atoms. The molecule has 132 valence electrons. The highest BCUT2D eigenvalue weighted by atomic mass is 16.5. The van der Waals surface area contributed by atoms with Crippen molar-refractivity contribution in [2.75, 3.05) is 11.9 Å². The summed E-state index contributed by atoms with van der Waals surface area (Å²) in [7, 11) is 0. The molecule has 0 aliphatic rings. The number of hydrogen-bond acceptors (Lipinski definition) is 4. The third kappa shape index (κ3) is 7.16. The minimum absolute atomic E-state index is 0.428. The maximum absolute atomic E-state index is 11.8. The summed E-state index contributed by atoms with van der Waals surface area (Å²) in [6.45, 7) is 4.77. The molecule has 0 saturated carbocycles. The van der Waals surface area contributed by atoms with Gasteiger partial charge in [0.05, 0.1) is 18.0 Å². The Morgan fingerprint density at radius 2 is 1.64 bits per heavy atom. The summed E-state index contributed by atoms with van der Waals surface area (Å²) in [6.07, 6.45) is 2.77. The summed E-state index contributed by atoms with van der Waals surface area (Å²) >= 11 is 0. The van der Waals surface area contributed by atoms with Crippen molar-refractivity contribution in [1.29, 1.82) is 0 Å². The summed E-state index contributed by atoms with van der Waals surface area (Å²) in [5.41, 5.74) is 2.19. The van der Waals surface area contributed by atoms with Gasteiger partial charge in [0.25, 0.3) is 0 Å². The molecule has 0 aliphatic heterocycles. The molecule has 1 amide bonds. The Morgan fingerprint density at radius 3 is 2.28 bits per heavy atom. The molecule has 1 atom stereocenters. The summed E-state index contributed by atoms with van der Waals surface area (Å²) in [4.78, 5) is 11.8. The summed E-state index contributed by atoms with van der Waals surface area (Å²) in [5.74, 6) is 0.576. The van der Waals surface area contributed by atoms with Crippen LogP contribution in [0.15, 0.2) is 64.8 Å². The molecule has 0 fully saturated rings. The second-order valence-corrected chi connectivity index (χ2v) is 6.03. The second-order valence-electron chi connectivity index (χ2n) is 6.03. The van der Waals surface area contributed by atoms with Gasteiger partial charge in [0.2, 0.25) is 0 Å². The van der Waals surface area contributed by atoms with E-state index < -0.39 is 6.09 Å². The van der Waals surface area contributed by atoms with Crippen molar-refractivity contribution in [2.45, 2.75) is 33.1 Å². The van der Waals surface area contributed by atoms with Gasteiger partial charge in [-0.3, -0.25) is 5.32 Å². The maximum atomic E-state index is 11.8. The molecule has 2 aromatic carbocycles. The highest BCUT2D eigenvalue weighted by molar-refractivity contribution is 5.84. The van der Waals surface area contributed by atoms with E-state index in [4.69, 9.17) is 4.74 Å². The van der Waals surface area contributed by atoms with Crippen molar-refractivity contribution >= 4 is 23.2 Å². The third-order valence-corrected chi connectivity index (χ3v) is 3.78. The van der Waals surface area contributed by atoms with E-state index in [0.717, 1.165) is 30.6 Å². The Bertz CT molecular complexity index is 669. The molecule has 1 N–H and O–H groups in total. The molecule has 2 aromatic rings. The monoisotopic (exact) mass is 339 g/mol. The molecule has 0 aliphatic carbocycles. The summed E-state index contributed by atoms with van der Waals surface area (Å²) in [5, 5.41) is 11.0. The lowest BCUT2D eigenvalue weighted by Crippen LogP contribution is -2.15. The lowest BCUT2D eigenvalue weighted by Gasteiger charge is -2.11. The van der Waals surface area contributed by atoms with Crippen molar-refractivity contribution in [3.8, 4) is 0 Å². The second kappa shape index (κ2) is 10.2. The number of rotatable bonds is 8. The highest BCUT2D eigenvalue weighted by Crippen LogP contribution is 2.20. The number of ether oxygens (including phenoxy) is 1. The van der Waals surface area contributed by atoms with Gasteiger partial charge in [-0.25, -0.2) is 4.79 Å². The molecular formula is C20H25N3O2. The van der Waals surface area contributed by atoms with Crippen LogP contribution in [0.5, 0.6) is 0 Å². The van der Waals surface area contributed by atoms with Gasteiger partial charge >= 0.3 is 6.09 Å². The number of hydrogen-bond donors (Lipinski definition) is 1. The normalized spacial score (nSPS) is 12.1. The van der Waals surface area contributed by atoms with E-state index in [-0.39, 0.29) is 0 Å². The van der Waals surface area contributed by atoms with Crippen LogP contribution in [0.25, 0.3) is 0 Å². The lowest BCUT2D eigenvalue weighted by atomic mass is 10.0. The quantitative estimate of drug-likeness (QED) is 0.560. The van der Waals surface area contributed by atoms with E-state index >= 15 is 0 Å². The first-order valence-electron chi connectivity index (χ1n) is 8.68. The molecule has 1 unspecified atom stereocenters. The predicted molar refractivity (Wildman–Crippen MR) is 101 cm³/mol. The van der Waals surface area contributed by atoms with E-state index in [0.29, 0.717) is 18.2 Å². The smallest absolute Gasteiger partial charge is 0.411 e. The van der Waals surface area contributed by atoms with Crippen LogP contribution in [-0.4, -0.2) is 12.7 Å².